The summed E-state index contributed by atoms with van der Waals surface area (Å²) in [7, 11) is 0. The lowest BCUT2D eigenvalue weighted by Crippen LogP contribution is -2.14. The van der Waals surface area contributed by atoms with E-state index in [2.05, 4.69) is 4.74 Å². The molecule has 0 saturated carbocycles. The zero-order valence-corrected chi connectivity index (χ0v) is 7.28. The van der Waals surface area contributed by atoms with Crippen molar-refractivity contribution >= 4 is 29.2 Å². The van der Waals surface area contributed by atoms with Gasteiger partial charge in [0.25, 0.3) is 0 Å². The van der Waals surface area contributed by atoms with Gasteiger partial charge in [0.05, 0.1) is 6.61 Å². The number of esters is 1. The lowest BCUT2D eigenvalue weighted by Gasteiger charge is -2.08. The largest absolute Gasteiger partial charge is 0.465 e. The first-order valence-corrected chi connectivity index (χ1v) is 4.03. The quantitative estimate of drug-likeness (QED) is 0.491. The zero-order chi connectivity index (χ0) is 7.98. The van der Waals surface area contributed by atoms with E-state index in [1.54, 1.807) is 0 Å². The number of halogens is 2. The summed E-state index contributed by atoms with van der Waals surface area (Å²) in [5.41, 5.74) is 0. The summed E-state index contributed by atoms with van der Waals surface area (Å²) < 4.78 is 4.68. The Kier molecular flexibility index (Phi) is 5.84. The second kappa shape index (κ2) is 5.81. The summed E-state index contributed by atoms with van der Waals surface area (Å²) in [5, 5.41) is 0. The molecule has 4 heteroatoms. The van der Waals surface area contributed by atoms with Gasteiger partial charge in [-0.2, -0.15) is 0 Å². The van der Waals surface area contributed by atoms with E-state index in [9.17, 15) is 4.79 Å². The lowest BCUT2D eigenvalue weighted by atomic mass is 10.2. The standard InChI is InChI=1S/C6H10Cl2O2/c1-5(9)10-4-6(2-7)3-8/h6H,2-4H2,1H3. The highest BCUT2D eigenvalue weighted by Crippen LogP contribution is 2.02. The van der Waals surface area contributed by atoms with E-state index < -0.39 is 0 Å². The van der Waals surface area contributed by atoms with E-state index in [0.29, 0.717) is 18.4 Å². The minimum Gasteiger partial charge on any atom is -0.465 e. The van der Waals surface area contributed by atoms with Gasteiger partial charge in [-0.1, -0.05) is 0 Å². The number of hydrogen-bond acceptors (Lipinski definition) is 2. The van der Waals surface area contributed by atoms with Gasteiger partial charge in [0.15, 0.2) is 0 Å². The van der Waals surface area contributed by atoms with E-state index >= 15 is 0 Å². The minimum atomic E-state index is -0.291. The van der Waals surface area contributed by atoms with Gasteiger partial charge in [0, 0.05) is 24.6 Å². The van der Waals surface area contributed by atoms with Crippen molar-refractivity contribution in [3.05, 3.63) is 0 Å². The van der Waals surface area contributed by atoms with Gasteiger partial charge >= 0.3 is 5.97 Å². The van der Waals surface area contributed by atoms with Gasteiger partial charge in [-0.05, 0) is 0 Å². The fourth-order valence-corrected chi connectivity index (χ4v) is 0.874. The average Bonchev–Trinajstić information content (AvgIpc) is 1.90. The van der Waals surface area contributed by atoms with Crippen LogP contribution in [0.5, 0.6) is 0 Å². The second-order valence-electron chi connectivity index (χ2n) is 1.98. The molecule has 0 spiro atoms. The maximum absolute atomic E-state index is 10.3. The fourth-order valence-electron chi connectivity index (χ4n) is 0.366. The van der Waals surface area contributed by atoms with Crippen LogP contribution in [-0.4, -0.2) is 24.3 Å². The summed E-state index contributed by atoms with van der Waals surface area (Å²) in [6.07, 6.45) is 0. The molecule has 0 N–H and O–H groups in total. The Morgan fingerprint density at radius 1 is 1.50 bits per heavy atom. The molecule has 0 fully saturated rings. The van der Waals surface area contributed by atoms with Crippen LogP contribution in [0.3, 0.4) is 0 Å². The van der Waals surface area contributed by atoms with Crippen LogP contribution in [0.15, 0.2) is 0 Å². The predicted molar refractivity (Wildman–Crippen MR) is 41.6 cm³/mol. The number of ether oxygens (including phenoxy) is 1. The van der Waals surface area contributed by atoms with Gasteiger partial charge < -0.3 is 4.74 Å². The first kappa shape index (κ1) is 10.0. The molecule has 0 rings (SSSR count). The van der Waals surface area contributed by atoms with E-state index in [-0.39, 0.29) is 11.9 Å². The molecule has 2 nitrogen and oxygen atoms in total. The van der Waals surface area contributed by atoms with Gasteiger partial charge in [-0.3, -0.25) is 4.79 Å². The lowest BCUT2D eigenvalue weighted by molar-refractivity contribution is -0.141. The van der Waals surface area contributed by atoms with E-state index in [0.717, 1.165) is 0 Å². The predicted octanol–water partition coefficient (Wildman–Crippen LogP) is 1.64. The molecule has 60 valence electrons. The van der Waals surface area contributed by atoms with Gasteiger partial charge in [0.2, 0.25) is 0 Å². The van der Waals surface area contributed by atoms with E-state index in [4.69, 9.17) is 23.2 Å². The van der Waals surface area contributed by atoms with Crippen LogP contribution in [0.25, 0.3) is 0 Å². The van der Waals surface area contributed by atoms with Crippen LogP contribution in [0.2, 0.25) is 0 Å². The molecular formula is C6H10Cl2O2. The van der Waals surface area contributed by atoms with Crippen LogP contribution >= 0.6 is 23.2 Å². The third-order valence-corrected chi connectivity index (χ3v) is 1.83. The van der Waals surface area contributed by atoms with Gasteiger partial charge in [-0.25, -0.2) is 0 Å². The van der Waals surface area contributed by atoms with Crippen molar-refractivity contribution in [2.45, 2.75) is 6.92 Å². The first-order chi connectivity index (χ1) is 4.70. The molecule has 0 unspecified atom stereocenters. The highest BCUT2D eigenvalue weighted by atomic mass is 35.5. The van der Waals surface area contributed by atoms with Crippen LogP contribution in [0.4, 0.5) is 0 Å². The molecule has 0 radical (unpaired) electrons. The molecule has 0 aliphatic rings. The van der Waals surface area contributed by atoms with E-state index in [1.807, 2.05) is 0 Å². The van der Waals surface area contributed by atoms with Crippen molar-refractivity contribution in [2.75, 3.05) is 18.4 Å². The van der Waals surface area contributed by atoms with Crippen LogP contribution in [-0.2, 0) is 9.53 Å². The SMILES string of the molecule is CC(=O)OCC(CCl)CCl. The number of alkyl halides is 2. The maximum atomic E-state index is 10.3. The highest BCUT2D eigenvalue weighted by Gasteiger charge is 2.06. The third-order valence-electron chi connectivity index (χ3n) is 0.959. The summed E-state index contributed by atoms with van der Waals surface area (Å²) in [6, 6.07) is 0. The first-order valence-electron chi connectivity index (χ1n) is 2.96. The Morgan fingerprint density at radius 2 is 2.00 bits per heavy atom. The zero-order valence-electron chi connectivity index (χ0n) is 5.77. The number of hydrogen-bond donors (Lipinski definition) is 0. The van der Waals surface area contributed by atoms with Crippen molar-refractivity contribution in [3.63, 3.8) is 0 Å². The summed E-state index contributed by atoms with van der Waals surface area (Å²) >= 11 is 11.0. The van der Waals surface area contributed by atoms with Crippen molar-refractivity contribution in [1.29, 1.82) is 0 Å². The molecular weight excluding hydrogens is 175 g/mol. The average molecular weight is 185 g/mol. The molecule has 0 saturated heterocycles. The fraction of sp³-hybridized carbons (Fsp3) is 0.833. The molecule has 0 aromatic rings. The molecule has 0 aliphatic heterocycles. The Morgan fingerprint density at radius 3 is 2.30 bits per heavy atom. The smallest absolute Gasteiger partial charge is 0.302 e. The van der Waals surface area contributed by atoms with E-state index in [1.165, 1.54) is 6.92 Å². The number of carbonyl (C=O) groups excluding carboxylic acids is 1. The van der Waals surface area contributed by atoms with Crippen molar-refractivity contribution < 1.29 is 9.53 Å². The molecule has 0 heterocycles. The molecule has 0 amide bonds. The minimum absolute atomic E-state index is 0.0761. The third kappa shape index (κ3) is 4.89. The molecule has 0 atom stereocenters. The molecule has 10 heavy (non-hydrogen) atoms. The van der Waals surface area contributed by atoms with Crippen molar-refractivity contribution in [3.8, 4) is 0 Å². The molecule has 0 bridgehead atoms. The molecule has 0 aromatic heterocycles. The topological polar surface area (TPSA) is 26.3 Å². The van der Waals surface area contributed by atoms with Gasteiger partial charge in [-0.15, -0.1) is 23.2 Å². The Balaban J connectivity index is 3.34. The number of carbonyl (C=O) groups is 1. The van der Waals surface area contributed by atoms with Gasteiger partial charge in [0.1, 0.15) is 0 Å². The monoisotopic (exact) mass is 184 g/mol. The molecule has 0 aromatic carbocycles. The van der Waals surface area contributed by atoms with Crippen LogP contribution in [0.1, 0.15) is 6.92 Å². The van der Waals surface area contributed by atoms with Crippen LogP contribution in [0, 0.1) is 5.92 Å². The summed E-state index contributed by atoms with van der Waals surface area (Å²) in [4.78, 5) is 10.3. The highest BCUT2D eigenvalue weighted by molar-refractivity contribution is 6.20. The van der Waals surface area contributed by atoms with Crippen LogP contribution < -0.4 is 0 Å². The Hall–Kier alpha value is 0.0500. The van der Waals surface area contributed by atoms with Crippen molar-refractivity contribution in [1.82, 2.24) is 0 Å². The normalized spacial score (nSPS) is 10.0. The molecule has 0 aliphatic carbocycles. The summed E-state index contributed by atoms with van der Waals surface area (Å²) in [5.74, 6) is 0.639. The Labute approximate surface area is 70.4 Å². The number of rotatable bonds is 4. The maximum Gasteiger partial charge on any atom is 0.302 e. The summed E-state index contributed by atoms with van der Waals surface area (Å²) in [6.45, 7) is 1.68. The van der Waals surface area contributed by atoms with Crippen molar-refractivity contribution in [2.24, 2.45) is 5.92 Å². The Bertz CT molecular complexity index is 102. The second-order valence-corrected chi connectivity index (χ2v) is 2.59.